The van der Waals surface area contributed by atoms with Gasteiger partial charge in [-0.1, -0.05) is 13.0 Å². The monoisotopic (exact) mass is 232 g/mol. The number of aliphatic carboxylic acids is 1. The highest BCUT2D eigenvalue weighted by Crippen LogP contribution is 2.19. The quantitative estimate of drug-likeness (QED) is 0.857. The summed E-state index contributed by atoms with van der Waals surface area (Å²) in [5, 5.41) is 13.0. The maximum absolute atomic E-state index is 11.0. The van der Waals surface area contributed by atoms with Crippen LogP contribution in [0.3, 0.4) is 0 Å². The van der Waals surface area contributed by atoms with E-state index in [-0.39, 0.29) is 0 Å². The smallest absolute Gasteiger partial charge is 0.311 e. The van der Waals surface area contributed by atoms with Crippen molar-refractivity contribution < 1.29 is 9.90 Å². The second kappa shape index (κ2) is 4.73. The van der Waals surface area contributed by atoms with Crippen molar-refractivity contribution >= 4 is 5.97 Å². The third-order valence-corrected chi connectivity index (χ3v) is 2.53. The Kier molecular flexibility index (Phi) is 3.13. The van der Waals surface area contributed by atoms with Crippen LogP contribution in [-0.2, 0) is 4.79 Å². The normalized spacial score (nSPS) is 12.3. The zero-order valence-electron chi connectivity index (χ0n) is 9.32. The first-order valence-corrected chi connectivity index (χ1v) is 5.26. The average molecular weight is 232 g/mol. The molecule has 0 aromatic carbocycles. The lowest BCUT2D eigenvalue weighted by atomic mass is 9.99. The summed E-state index contributed by atoms with van der Waals surface area (Å²) in [5.74, 6) is -0.721. The van der Waals surface area contributed by atoms with E-state index in [1.807, 2.05) is 6.92 Å². The zero-order valence-corrected chi connectivity index (χ0v) is 9.32. The van der Waals surface area contributed by atoms with Crippen LogP contribution in [0.1, 0.15) is 24.8 Å². The summed E-state index contributed by atoms with van der Waals surface area (Å²) in [6.45, 7) is 1.84. The highest BCUT2D eigenvalue weighted by molar-refractivity contribution is 5.75. The lowest BCUT2D eigenvalue weighted by Crippen LogP contribution is -2.11. The van der Waals surface area contributed by atoms with Gasteiger partial charge in [0.15, 0.2) is 5.82 Å². The minimum absolute atomic E-state index is 0.507. The van der Waals surface area contributed by atoms with Crippen LogP contribution in [0, 0.1) is 0 Å². The summed E-state index contributed by atoms with van der Waals surface area (Å²) in [6.07, 6.45) is 5.07. The van der Waals surface area contributed by atoms with Crippen molar-refractivity contribution in [3.05, 3.63) is 36.5 Å². The molecule has 88 valence electrons. The van der Waals surface area contributed by atoms with Crippen molar-refractivity contribution in [1.29, 1.82) is 0 Å². The van der Waals surface area contributed by atoms with E-state index >= 15 is 0 Å². The molecule has 17 heavy (non-hydrogen) atoms. The highest BCUT2D eigenvalue weighted by Gasteiger charge is 2.17. The number of pyridine rings is 1. The number of hydrogen-bond acceptors (Lipinski definition) is 4. The van der Waals surface area contributed by atoms with E-state index in [1.165, 1.54) is 17.3 Å². The van der Waals surface area contributed by atoms with Gasteiger partial charge in [0.05, 0.1) is 5.92 Å². The van der Waals surface area contributed by atoms with Crippen molar-refractivity contribution in [2.75, 3.05) is 0 Å². The number of rotatable bonds is 4. The van der Waals surface area contributed by atoms with Gasteiger partial charge in [0.2, 0.25) is 0 Å². The molecule has 2 rings (SSSR count). The third-order valence-electron chi connectivity index (χ3n) is 2.53. The van der Waals surface area contributed by atoms with Crippen LogP contribution in [0.5, 0.6) is 0 Å². The molecule has 0 aliphatic heterocycles. The Morgan fingerprint density at radius 3 is 2.82 bits per heavy atom. The number of nitrogens with zero attached hydrogens (tertiary/aromatic N) is 4. The molecule has 0 saturated heterocycles. The van der Waals surface area contributed by atoms with Gasteiger partial charge in [-0.25, -0.2) is 14.6 Å². The van der Waals surface area contributed by atoms with Gasteiger partial charge in [-0.05, 0) is 18.1 Å². The Hall–Kier alpha value is -2.24. The van der Waals surface area contributed by atoms with Crippen LogP contribution in [0.25, 0.3) is 5.82 Å². The molecular weight excluding hydrogens is 220 g/mol. The lowest BCUT2D eigenvalue weighted by molar-refractivity contribution is -0.138. The third kappa shape index (κ3) is 2.30. The topological polar surface area (TPSA) is 80.9 Å². The van der Waals surface area contributed by atoms with E-state index in [2.05, 4.69) is 15.1 Å². The largest absolute Gasteiger partial charge is 0.481 e. The van der Waals surface area contributed by atoms with Crippen LogP contribution >= 0.6 is 0 Å². The molecule has 2 aromatic rings. The molecule has 0 bridgehead atoms. The fourth-order valence-electron chi connectivity index (χ4n) is 1.62. The number of hydrogen-bond donors (Lipinski definition) is 1. The number of carboxylic acids is 1. The van der Waals surface area contributed by atoms with Crippen LogP contribution in [0.15, 0.2) is 31.0 Å². The predicted octanol–water partition coefficient (Wildman–Crippen LogP) is 1.24. The fourth-order valence-corrected chi connectivity index (χ4v) is 1.62. The number of carboxylic acid groups (broad SMARTS) is 1. The Morgan fingerprint density at radius 2 is 2.35 bits per heavy atom. The second-order valence-corrected chi connectivity index (χ2v) is 3.59. The molecule has 6 nitrogen and oxygen atoms in total. The van der Waals surface area contributed by atoms with E-state index in [0.717, 1.165) is 0 Å². The molecule has 1 N–H and O–H groups in total. The van der Waals surface area contributed by atoms with Crippen molar-refractivity contribution in [2.24, 2.45) is 0 Å². The molecule has 1 unspecified atom stereocenters. The molecular formula is C11H12N4O2. The Bertz CT molecular complexity index is 493. The molecule has 0 amide bonds. The van der Waals surface area contributed by atoms with Crippen LogP contribution in [-0.4, -0.2) is 30.8 Å². The summed E-state index contributed by atoms with van der Waals surface area (Å²) in [4.78, 5) is 19.0. The highest BCUT2D eigenvalue weighted by atomic mass is 16.4. The molecule has 0 fully saturated rings. The average Bonchev–Trinajstić information content (AvgIpc) is 2.84. The molecule has 0 radical (unpaired) electrons. The zero-order chi connectivity index (χ0) is 12.3. The van der Waals surface area contributed by atoms with Crippen molar-refractivity contribution in [2.45, 2.75) is 19.3 Å². The first-order valence-electron chi connectivity index (χ1n) is 5.26. The molecule has 2 aromatic heterocycles. The molecule has 0 aliphatic rings. The minimum Gasteiger partial charge on any atom is -0.481 e. The Labute approximate surface area is 98.0 Å². The van der Waals surface area contributed by atoms with Gasteiger partial charge in [-0.3, -0.25) is 4.79 Å². The van der Waals surface area contributed by atoms with Gasteiger partial charge in [-0.2, -0.15) is 5.10 Å². The Morgan fingerprint density at radius 1 is 1.53 bits per heavy atom. The molecule has 0 saturated carbocycles. The maximum Gasteiger partial charge on any atom is 0.311 e. The predicted molar refractivity (Wildman–Crippen MR) is 59.8 cm³/mol. The summed E-state index contributed by atoms with van der Waals surface area (Å²) >= 11 is 0. The molecule has 2 heterocycles. The number of aromatic nitrogens is 4. The van der Waals surface area contributed by atoms with Gasteiger partial charge in [0.25, 0.3) is 0 Å². The first kappa shape index (κ1) is 11.3. The SMILES string of the molecule is CCC(C(=O)O)c1ccc(-n2cncn2)nc1. The van der Waals surface area contributed by atoms with Crippen LogP contribution in [0.4, 0.5) is 0 Å². The molecule has 1 atom stereocenters. The van der Waals surface area contributed by atoms with Crippen LogP contribution in [0.2, 0.25) is 0 Å². The van der Waals surface area contributed by atoms with Gasteiger partial charge < -0.3 is 5.11 Å². The van der Waals surface area contributed by atoms with Gasteiger partial charge in [0.1, 0.15) is 12.7 Å². The summed E-state index contributed by atoms with van der Waals surface area (Å²) in [7, 11) is 0. The minimum atomic E-state index is -0.831. The van der Waals surface area contributed by atoms with E-state index in [9.17, 15) is 4.79 Å². The fraction of sp³-hybridized carbons (Fsp3) is 0.273. The van der Waals surface area contributed by atoms with Crippen molar-refractivity contribution in [3.8, 4) is 5.82 Å². The van der Waals surface area contributed by atoms with Gasteiger partial charge in [-0.15, -0.1) is 0 Å². The summed E-state index contributed by atoms with van der Waals surface area (Å²) in [6, 6.07) is 3.49. The summed E-state index contributed by atoms with van der Waals surface area (Å²) in [5.41, 5.74) is 0.698. The van der Waals surface area contributed by atoms with Gasteiger partial charge >= 0.3 is 5.97 Å². The molecule has 6 heteroatoms. The summed E-state index contributed by atoms with van der Waals surface area (Å²) < 4.78 is 1.52. The van der Waals surface area contributed by atoms with Crippen LogP contribution < -0.4 is 0 Å². The maximum atomic E-state index is 11.0. The van der Waals surface area contributed by atoms with E-state index in [4.69, 9.17) is 5.11 Å². The lowest BCUT2D eigenvalue weighted by Gasteiger charge is -2.09. The molecule has 0 aliphatic carbocycles. The molecule has 0 spiro atoms. The van der Waals surface area contributed by atoms with Gasteiger partial charge in [0, 0.05) is 6.20 Å². The van der Waals surface area contributed by atoms with Crippen molar-refractivity contribution in [3.63, 3.8) is 0 Å². The van der Waals surface area contributed by atoms with E-state index < -0.39 is 11.9 Å². The Balaban J connectivity index is 2.26. The van der Waals surface area contributed by atoms with Crippen molar-refractivity contribution in [1.82, 2.24) is 19.7 Å². The first-order chi connectivity index (χ1) is 8.22. The standard InChI is InChI=1S/C11H12N4O2/c1-2-9(11(16)17)8-3-4-10(13-5-8)15-7-12-6-14-15/h3-7,9H,2H2,1H3,(H,16,17). The van der Waals surface area contributed by atoms with E-state index in [0.29, 0.717) is 17.8 Å². The second-order valence-electron chi connectivity index (χ2n) is 3.59. The van der Waals surface area contributed by atoms with E-state index in [1.54, 1.807) is 18.3 Å². The number of carbonyl (C=O) groups is 1.